The van der Waals surface area contributed by atoms with Crippen molar-refractivity contribution in [3.05, 3.63) is 23.3 Å². The highest BCUT2D eigenvalue weighted by atomic mass is 16.3. The van der Waals surface area contributed by atoms with Crippen LogP contribution in [-0.2, 0) is 0 Å². The predicted molar refractivity (Wildman–Crippen MR) is 71.3 cm³/mol. The summed E-state index contributed by atoms with van der Waals surface area (Å²) in [7, 11) is 0. The molecule has 0 spiro atoms. The minimum Gasteiger partial charge on any atom is -0.507 e. The maximum atomic E-state index is 9.91. The fourth-order valence-corrected chi connectivity index (χ4v) is 2.04. The van der Waals surface area contributed by atoms with Crippen molar-refractivity contribution in [3.8, 4) is 45.6 Å². The van der Waals surface area contributed by atoms with Crippen molar-refractivity contribution in [1.29, 1.82) is 0 Å². The molecule has 106 valence electrons. The van der Waals surface area contributed by atoms with Gasteiger partial charge in [-0.2, -0.15) is 0 Å². The smallest absolute Gasteiger partial charge is 0.169 e. The number of rotatable bonds is 1. The van der Waals surface area contributed by atoms with Gasteiger partial charge in [-0.15, -0.1) is 0 Å². The quantitative estimate of drug-likeness (QED) is 0.351. The van der Waals surface area contributed by atoms with Crippen molar-refractivity contribution in [1.82, 2.24) is 0 Å². The molecular formula is C14H14O6. The molecule has 6 N–H and O–H groups in total. The zero-order valence-corrected chi connectivity index (χ0v) is 10.8. The van der Waals surface area contributed by atoms with Crippen LogP contribution in [0.25, 0.3) is 11.1 Å². The van der Waals surface area contributed by atoms with Gasteiger partial charge in [-0.3, -0.25) is 0 Å². The first-order valence-corrected chi connectivity index (χ1v) is 5.75. The first kappa shape index (κ1) is 13.7. The van der Waals surface area contributed by atoms with Gasteiger partial charge in [-0.25, -0.2) is 0 Å². The van der Waals surface area contributed by atoms with Crippen LogP contribution in [0.2, 0.25) is 0 Å². The molecule has 0 saturated heterocycles. The molecule has 0 aliphatic heterocycles. The molecule has 0 saturated carbocycles. The largest absolute Gasteiger partial charge is 0.507 e. The fraction of sp³-hybridized carbons (Fsp3) is 0.143. The molecule has 0 amide bonds. The average Bonchev–Trinajstić information content (AvgIpc) is 2.37. The first-order valence-electron chi connectivity index (χ1n) is 5.75. The van der Waals surface area contributed by atoms with E-state index in [-0.39, 0.29) is 22.3 Å². The zero-order chi connectivity index (χ0) is 15.2. The van der Waals surface area contributed by atoms with Crippen LogP contribution in [0, 0.1) is 13.8 Å². The van der Waals surface area contributed by atoms with Crippen LogP contribution in [0.15, 0.2) is 12.1 Å². The second-order valence-electron chi connectivity index (χ2n) is 4.57. The van der Waals surface area contributed by atoms with Crippen LogP contribution >= 0.6 is 0 Å². The first-order chi connectivity index (χ1) is 9.25. The minimum absolute atomic E-state index is 0.221. The summed E-state index contributed by atoms with van der Waals surface area (Å²) in [5.41, 5.74) is -0.282. The summed E-state index contributed by atoms with van der Waals surface area (Å²) in [6.45, 7) is 2.93. The maximum Gasteiger partial charge on any atom is 0.169 e. The number of aromatic hydroxyl groups is 6. The number of phenolic OH excluding ortho intramolecular Hbond substituents is 6. The standard InChI is InChI=1S/C14H14O6/c1-5-3-7(15)9(13(19)11(5)17)10-8(16)4-6(2)12(18)14(10)20/h3-4,15-20H,1-2H3. The third kappa shape index (κ3) is 1.82. The van der Waals surface area contributed by atoms with Crippen LogP contribution in [0.1, 0.15) is 11.1 Å². The van der Waals surface area contributed by atoms with Crippen LogP contribution in [-0.4, -0.2) is 30.6 Å². The Morgan fingerprint density at radius 2 is 0.850 bits per heavy atom. The molecule has 0 aliphatic carbocycles. The van der Waals surface area contributed by atoms with E-state index >= 15 is 0 Å². The van der Waals surface area contributed by atoms with Gasteiger partial charge in [-0.05, 0) is 37.1 Å². The van der Waals surface area contributed by atoms with E-state index in [1.54, 1.807) is 0 Å². The van der Waals surface area contributed by atoms with E-state index < -0.39 is 34.5 Å². The van der Waals surface area contributed by atoms with Gasteiger partial charge in [0, 0.05) is 0 Å². The molecule has 6 nitrogen and oxygen atoms in total. The lowest BCUT2D eigenvalue weighted by atomic mass is 9.97. The molecule has 0 atom stereocenters. The van der Waals surface area contributed by atoms with Gasteiger partial charge in [0.25, 0.3) is 0 Å². The van der Waals surface area contributed by atoms with E-state index in [1.807, 2.05) is 0 Å². The summed E-state index contributed by atoms with van der Waals surface area (Å²) in [6.07, 6.45) is 0. The monoisotopic (exact) mass is 278 g/mol. The molecule has 6 heteroatoms. The number of hydrogen-bond acceptors (Lipinski definition) is 6. The molecule has 0 aliphatic rings. The molecule has 0 heterocycles. The van der Waals surface area contributed by atoms with Gasteiger partial charge in [0.1, 0.15) is 11.5 Å². The third-order valence-electron chi connectivity index (χ3n) is 3.14. The average molecular weight is 278 g/mol. The Hall–Kier alpha value is -2.76. The topological polar surface area (TPSA) is 121 Å². The van der Waals surface area contributed by atoms with Crippen LogP contribution in [0.4, 0.5) is 0 Å². The van der Waals surface area contributed by atoms with Crippen molar-refractivity contribution in [2.45, 2.75) is 13.8 Å². The Kier molecular flexibility index (Phi) is 3.01. The molecule has 20 heavy (non-hydrogen) atoms. The Bertz CT molecular complexity index is 644. The molecule has 0 fully saturated rings. The summed E-state index contributed by atoms with van der Waals surface area (Å²) in [5.74, 6) is -3.28. The number of aryl methyl sites for hydroxylation is 2. The molecule has 2 rings (SSSR count). The van der Waals surface area contributed by atoms with Crippen molar-refractivity contribution in [2.75, 3.05) is 0 Å². The summed E-state index contributed by atoms with van der Waals surface area (Å²) in [5, 5.41) is 59.0. The lowest BCUT2D eigenvalue weighted by Crippen LogP contribution is -1.88. The van der Waals surface area contributed by atoms with Gasteiger partial charge in [-0.1, -0.05) is 0 Å². The normalized spacial score (nSPS) is 10.7. The van der Waals surface area contributed by atoms with Crippen molar-refractivity contribution >= 4 is 0 Å². The van der Waals surface area contributed by atoms with Crippen LogP contribution < -0.4 is 0 Å². The summed E-state index contributed by atoms with van der Waals surface area (Å²) in [6, 6.07) is 2.33. The highest BCUT2D eigenvalue weighted by Crippen LogP contribution is 2.53. The number of benzene rings is 2. The van der Waals surface area contributed by atoms with E-state index in [4.69, 9.17) is 0 Å². The van der Waals surface area contributed by atoms with E-state index in [0.717, 1.165) is 0 Å². The summed E-state index contributed by atoms with van der Waals surface area (Å²) < 4.78 is 0. The van der Waals surface area contributed by atoms with Gasteiger partial charge in [0.2, 0.25) is 0 Å². The number of phenols is 6. The second-order valence-corrected chi connectivity index (χ2v) is 4.57. The Morgan fingerprint density at radius 1 is 0.550 bits per heavy atom. The summed E-state index contributed by atoms with van der Waals surface area (Å²) >= 11 is 0. The maximum absolute atomic E-state index is 9.91. The van der Waals surface area contributed by atoms with E-state index in [9.17, 15) is 30.6 Å². The van der Waals surface area contributed by atoms with E-state index in [0.29, 0.717) is 0 Å². The third-order valence-corrected chi connectivity index (χ3v) is 3.14. The van der Waals surface area contributed by atoms with Crippen molar-refractivity contribution < 1.29 is 30.6 Å². The Morgan fingerprint density at radius 3 is 1.15 bits per heavy atom. The number of hydrogen-bond donors (Lipinski definition) is 6. The Labute approximate surface area is 114 Å². The van der Waals surface area contributed by atoms with Crippen LogP contribution in [0.5, 0.6) is 34.5 Å². The zero-order valence-electron chi connectivity index (χ0n) is 10.8. The van der Waals surface area contributed by atoms with Gasteiger partial charge in [0.15, 0.2) is 23.0 Å². The molecule has 0 radical (unpaired) electrons. The SMILES string of the molecule is Cc1cc(O)c(-c2c(O)cc(C)c(O)c2O)c(O)c1O. The summed E-state index contributed by atoms with van der Waals surface area (Å²) in [4.78, 5) is 0. The highest BCUT2D eigenvalue weighted by molar-refractivity contribution is 5.89. The second kappa shape index (κ2) is 4.41. The molecule has 0 aromatic heterocycles. The molecule has 0 bridgehead atoms. The molecule has 2 aromatic carbocycles. The van der Waals surface area contributed by atoms with E-state index in [1.165, 1.54) is 26.0 Å². The minimum atomic E-state index is -0.698. The van der Waals surface area contributed by atoms with Gasteiger partial charge >= 0.3 is 0 Å². The lowest BCUT2D eigenvalue weighted by Gasteiger charge is -2.15. The molecule has 2 aromatic rings. The Balaban J connectivity index is 2.90. The van der Waals surface area contributed by atoms with Crippen molar-refractivity contribution in [2.24, 2.45) is 0 Å². The fourth-order valence-electron chi connectivity index (χ4n) is 2.04. The predicted octanol–water partition coefficient (Wildman–Crippen LogP) is 2.20. The molecule has 0 unspecified atom stereocenters. The van der Waals surface area contributed by atoms with Gasteiger partial charge < -0.3 is 30.6 Å². The van der Waals surface area contributed by atoms with Gasteiger partial charge in [0.05, 0.1) is 11.1 Å². The highest BCUT2D eigenvalue weighted by Gasteiger charge is 2.24. The van der Waals surface area contributed by atoms with Crippen molar-refractivity contribution in [3.63, 3.8) is 0 Å². The lowest BCUT2D eigenvalue weighted by molar-refractivity contribution is 0.387. The molecular weight excluding hydrogens is 264 g/mol. The van der Waals surface area contributed by atoms with E-state index in [2.05, 4.69) is 0 Å². The van der Waals surface area contributed by atoms with Crippen LogP contribution in [0.3, 0.4) is 0 Å².